The van der Waals surface area contributed by atoms with Crippen molar-refractivity contribution < 1.29 is 21.8 Å². The molecule has 1 fully saturated rings. The van der Waals surface area contributed by atoms with Gasteiger partial charge in [-0.1, -0.05) is 17.7 Å². The van der Waals surface area contributed by atoms with Crippen molar-refractivity contribution >= 4 is 25.7 Å². The van der Waals surface area contributed by atoms with Gasteiger partial charge in [0.1, 0.15) is 0 Å². The van der Waals surface area contributed by atoms with Crippen molar-refractivity contribution in [3.05, 3.63) is 62.7 Å². The first-order chi connectivity index (χ1) is 14.4. The molecule has 31 heavy (non-hydrogen) atoms. The molecule has 9 nitrogen and oxygen atoms in total. The highest BCUT2D eigenvalue weighted by Gasteiger charge is 2.35. The fraction of sp³-hybridized carbons (Fsp3) is 0.400. The van der Waals surface area contributed by atoms with Crippen LogP contribution in [-0.4, -0.2) is 56.5 Å². The number of non-ortho nitro benzene ring substituents is 1. The van der Waals surface area contributed by atoms with Gasteiger partial charge < -0.3 is 0 Å². The normalized spacial score (nSPS) is 16.4. The number of rotatable bonds is 5. The summed E-state index contributed by atoms with van der Waals surface area (Å²) in [6, 6.07) is 7.49. The first-order valence-corrected chi connectivity index (χ1v) is 12.6. The molecule has 1 heterocycles. The average Bonchev–Trinajstić information content (AvgIpc) is 2.69. The Kier molecular flexibility index (Phi) is 6.25. The maximum Gasteiger partial charge on any atom is 0.271 e. The molecule has 0 saturated carbocycles. The Morgan fingerprint density at radius 2 is 1.29 bits per heavy atom. The van der Waals surface area contributed by atoms with Gasteiger partial charge in [0.15, 0.2) is 0 Å². The van der Waals surface area contributed by atoms with E-state index in [2.05, 4.69) is 0 Å². The fourth-order valence-electron chi connectivity index (χ4n) is 3.70. The molecule has 1 aliphatic rings. The van der Waals surface area contributed by atoms with Crippen LogP contribution in [0.3, 0.4) is 0 Å². The summed E-state index contributed by atoms with van der Waals surface area (Å²) in [7, 11) is -7.76. The minimum absolute atomic E-state index is 0.00182. The molecule has 168 valence electrons. The van der Waals surface area contributed by atoms with Crippen molar-refractivity contribution in [1.82, 2.24) is 8.61 Å². The summed E-state index contributed by atoms with van der Waals surface area (Å²) in [5.41, 5.74) is 2.24. The third kappa shape index (κ3) is 4.36. The Hall–Kier alpha value is -2.34. The van der Waals surface area contributed by atoms with E-state index in [1.54, 1.807) is 39.0 Å². The molecular weight excluding hydrogens is 442 g/mol. The molecule has 1 saturated heterocycles. The van der Waals surface area contributed by atoms with Gasteiger partial charge in [0.05, 0.1) is 14.7 Å². The second kappa shape index (κ2) is 8.30. The molecule has 3 rings (SSSR count). The molecule has 0 atom stereocenters. The van der Waals surface area contributed by atoms with E-state index in [0.29, 0.717) is 16.7 Å². The number of hydrogen-bond acceptors (Lipinski definition) is 6. The largest absolute Gasteiger partial charge is 0.271 e. The van der Waals surface area contributed by atoms with Gasteiger partial charge in [0.2, 0.25) is 20.0 Å². The van der Waals surface area contributed by atoms with Crippen LogP contribution in [0, 0.1) is 37.8 Å². The summed E-state index contributed by atoms with van der Waals surface area (Å²) in [5.74, 6) is 0. The van der Waals surface area contributed by atoms with Crippen LogP contribution in [0.5, 0.6) is 0 Å². The maximum absolute atomic E-state index is 13.2. The molecular formula is C20H25N3O6S2. The number of piperazine rings is 1. The molecule has 0 aliphatic carbocycles. The van der Waals surface area contributed by atoms with Gasteiger partial charge in [-0.3, -0.25) is 10.1 Å². The minimum atomic E-state index is -4.01. The standard InChI is InChI=1S/C20H25N3O6S2/c1-14-5-6-19(16(3)11-14)30(26,27)21-7-9-22(10-8-21)31(28,29)20-13-18(23(24)25)12-15(2)17(20)4/h5-6,11-13H,7-10H2,1-4H3. The summed E-state index contributed by atoms with van der Waals surface area (Å²) in [6.07, 6.45) is 0. The van der Waals surface area contributed by atoms with Crippen LogP contribution < -0.4 is 0 Å². The number of nitrogens with zero attached hydrogens (tertiary/aromatic N) is 3. The summed E-state index contributed by atoms with van der Waals surface area (Å²) in [5, 5.41) is 11.2. The number of benzene rings is 2. The molecule has 0 bridgehead atoms. The Morgan fingerprint density at radius 1 is 0.774 bits per heavy atom. The van der Waals surface area contributed by atoms with Crippen molar-refractivity contribution in [3.63, 3.8) is 0 Å². The van der Waals surface area contributed by atoms with E-state index in [4.69, 9.17) is 0 Å². The van der Waals surface area contributed by atoms with Crippen LogP contribution >= 0.6 is 0 Å². The zero-order valence-electron chi connectivity index (χ0n) is 17.8. The number of nitro groups is 1. The highest BCUT2D eigenvalue weighted by molar-refractivity contribution is 7.89. The first kappa shape index (κ1) is 23.3. The minimum Gasteiger partial charge on any atom is -0.258 e. The lowest BCUT2D eigenvalue weighted by Crippen LogP contribution is -2.50. The van der Waals surface area contributed by atoms with Crippen LogP contribution in [0.15, 0.2) is 40.1 Å². The second-order valence-electron chi connectivity index (χ2n) is 7.72. The van der Waals surface area contributed by atoms with E-state index in [9.17, 15) is 26.9 Å². The van der Waals surface area contributed by atoms with Crippen molar-refractivity contribution in [2.24, 2.45) is 0 Å². The van der Waals surface area contributed by atoms with Gasteiger partial charge in [0, 0.05) is 38.3 Å². The zero-order valence-corrected chi connectivity index (χ0v) is 19.5. The zero-order chi connectivity index (χ0) is 23.1. The first-order valence-electron chi connectivity index (χ1n) is 9.69. The topological polar surface area (TPSA) is 118 Å². The van der Waals surface area contributed by atoms with Crippen molar-refractivity contribution in [2.75, 3.05) is 26.2 Å². The van der Waals surface area contributed by atoms with E-state index < -0.39 is 25.0 Å². The Bertz CT molecular complexity index is 1250. The van der Waals surface area contributed by atoms with Crippen LogP contribution in [-0.2, 0) is 20.0 Å². The number of hydrogen-bond donors (Lipinski definition) is 0. The molecule has 11 heteroatoms. The lowest BCUT2D eigenvalue weighted by atomic mass is 10.1. The highest BCUT2D eigenvalue weighted by Crippen LogP contribution is 2.29. The molecule has 1 aliphatic heterocycles. The summed E-state index contributed by atoms with van der Waals surface area (Å²) in [4.78, 5) is 10.6. The van der Waals surface area contributed by atoms with Gasteiger partial charge in [-0.05, 0) is 50.5 Å². The van der Waals surface area contributed by atoms with Crippen molar-refractivity contribution in [2.45, 2.75) is 37.5 Å². The summed E-state index contributed by atoms with van der Waals surface area (Å²) >= 11 is 0. The highest BCUT2D eigenvalue weighted by atomic mass is 32.2. The lowest BCUT2D eigenvalue weighted by molar-refractivity contribution is -0.385. The van der Waals surface area contributed by atoms with Crippen LogP contribution in [0.1, 0.15) is 22.3 Å². The summed E-state index contributed by atoms with van der Waals surface area (Å²) in [6.45, 7) is 6.77. The van der Waals surface area contributed by atoms with Gasteiger partial charge >= 0.3 is 0 Å². The molecule has 0 N–H and O–H groups in total. The van der Waals surface area contributed by atoms with E-state index >= 15 is 0 Å². The monoisotopic (exact) mass is 467 g/mol. The molecule has 0 aromatic heterocycles. The van der Waals surface area contributed by atoms with Crippen molar-refractivity contribution in [1.29, 1.82) is 0 Å². The van der Waals surface area contributed by atoms with Gasteiger partial charge in [-0.25, -0.2) is 16.8 Å². The third-order valence-corrected chi connectivity index (χ3v) is 9.66. The van der Waals surface area contributed by atoms with Crippen LogP contribution in [0.4, 0.5) is 5.69 Å². The number of nitro benzene ring substituents is 1. The number of sulfonamides is 2. The van der Waals surface area contributed by atoms with Gasteiger partial charge in [-0.15, -0.1) is 0 Å². The Morgan fingerprint density at radius 3 is 1.77 bits per heavy atom. The Labute approximate surface area is 182 Å². The molecule has 0 spiro atoms. The molecule has 2 aromatic carbocycles. The fourth-order valence-corrected chi connectivity index (χ4v) is 7.07. The van der Waals surface area contributed by atoms with Crippen LogP contribution in [0.25, 0.3) is 0 Å². The molecule has 0 amide bonds. The Balaban J connectivity index is 1.86. The average molecular weight is 468 g/mol. The maximum atomic E-state index is 13.2. The molecule has 0 unspecified atom stereocenters. The second-order valence-corrected chi connectivity index (χ2v) is 11.5. The van der Waals surface area contributed by atoms with E-state index in [1.165, 1.54) is 14.7 Å². The SMILES string of the molecule is Cc1ccc(S(=O)(=O)N2CCN(S(=O)(=O)c3cc([N+](=O)[O-])cc(C)c3C)CC2)c(C)c1. The van der Waals surface area contributed by atoms with Gasteiger partial charge in [-0.2, -0.15) is 8.61 Å². The van der Waals surface area contributed by atoms with E-state index in [1.807, 2.05) is 6.92 Å². The molecule has 2 aromatic rings. The third-order valence-electron chi connectivity index (χ3n) is 5.58. The molecule has 0 radical (unpaired) electrons. The van der Waals surface area contributed by atoms with E-state index in [-0.39, 0.29) is 41.7 Å². The van der Waals surface area contributed by atoms with E-state index in [0.717, 1.165) is 11.6 Å². The quantitative estimate of drug-likeness (QED) is 0.493. The predicted molar refractivity (Wildman–Crippen MR) is 116 cm³/mol. The smallest absolute Gasteiger partial charge is 0.258 e. The lowest BCUT2D eigenvalue weighted by Gasteiger charge is -2.33. The van der Waals surface area contributed by atoms with Crippen molar-refractivity contribution in [3.8, 4) is 0 Å². The summed E-state index contributed by atoms with van der Waals surface area (Å²) < 4.78 is 54.9. The number of aryl methyl sites for hydroxylation is 3. The van der Waals surface area contributed by atoms with Crippen LogP contribution in [0.2, 0.25) is 0 Å². The predicted octanol–water partition coefficient (Wildman–Crippen LogP) is 2.52. The van der Waals surface area contributed by atoms with Gasteiger partial charge in [0.25, 0.3) is 5.69 Å².